The summed E-state index contributed by atoms with van der Waals surface area (Å²) >= 11 is 0. The van der Waals surface area contributed by atoms with Crippen LogP contribution in [0.25, 0.3) is 0 Å². The number of ether oxygens (including phenoxy) is 1. The van der Waals surface area contributed by atoms with Crippen molar-refractivity contribution in [3.63, 3.8) is 0 Å². The minimum Gasteiger partial charge on any atom is -0.460 e. The highest BCUT2D eigenvalue weighted by atomic mass is 16.6. The average molecular weight is 214 g/mol. The summed E-state index contributed by atoms with van der Waals surface area (Å²) in [5.74, 6) is 0.118. The van der Waals surface area contributed by atoms with E-state index in [-0.39, 0.29) is 29.8 Å². The van der Waals surface area contributed by atoms with Gasteiger partial charge in [-0.1, -0.05) is 13.8 Å². The molecule has 2 atom stereocenters. The first-order valence-electron chi connectivity index (χ1n) is 5.54. The van der Waals surface area contributed by atoms with Gasteiger partial charge < -0.3 is 9.84 Å². The highest BCUT2D eigenvalue weighted by molar-refractivity contribution is 5.78. The lowest BCUT2D eigenvalue weighted by atomic mass is 10.1. The van der Waals surface area contributed by atoms with Crippen LogP contribution in [0.1, 0.15) is 41.0 Å². The van der Waals surface area contributed by atoms with E-state index in [1.165, 1.54) is 0 Å². The number of hydrogen-bond acceptors (Lipinski definition) is 3. The molecule has 1 aliphatic carbocycles. The van der Waals surface area contributed by atoms with Gasteiger partial charge in [0.25, 0.3) is 0 Å². The molecule has 1 rings (SSSR count). The van der Waals surface area contributed by atoms with Gasteiger partial charge in [-0.15, -0.1) is 0 Å². The topological polar surface area (TPSA) is 46.5 Å². The number of rotatable bonds is 3. The van der Waals surface area contributed by atoms with E-state index >= 15 is 0 Å². The Balaban J connectivity index is 2.56. The molecule has 0 heterocycles. The van der Waals surface area contributed by atoms with Crippen LogP contribution in [0, 0.1) is 17.3 Å². The van der Waals surface area contributed by atoms with Gasteiger partial charge in [0.1, 0.15) is 5.60 Å². The van der Waals surface area contributed by atoms with Crippen LogP contribution in [0.5, 0.6) is 0 Å². The molecule has 0 saturated heterocycles. The first-order chi connectivity index (χ1) is 6.70. The van der Waals surface area contributed by atoms with E-state index in [1.54, 1.807) is 0 Å². The van der Waals surface area contributed by atoms with Gasteiger partial charge >= 0.3 is 5.97 Å². The van der Waals surface area contributed by atoms with Crippen molar-refractivity contribution in [3.8, 4) is 0 Å². The molecular weight excluding hydrogens is 192 g/mol. The Bertz CT molecular complexity index is 250. The quantitative estimate of drug-likeness (QED) is 0.731. The van der Waals surface area contributed by atoms with Crippen molar-refractivity contribution >= 4 is 5.97 Å². The summed E-state index contributed by atoms with van der Waals surface area (Å²) in [5, 5.41) is 8.89. The van der Waals surface area contributed by atoms with Crippen LogP contribution in [0.3, 0.4) is 0 Å². The van der Waals surface area contributed by atoms with Crippen molar-refractivity contribution < 1.29 is 14.6 Å². The zero-order chi connectivity index (χ0) is 11.9. The van der Waals surface area contributed by atoms with E-state index < -0.39 is 5.60 Å². The number of carbonyl (C=O) groups is 1. The van der Waals surface area contributed by atoms with Crippen LogP contribution in [0.2, 0.25) is 0 Å². The second-order valence-corrected chi connectivity index (χ2v) is 5.95. The van der Waals surface area contributed by atoms with Crippen molar-refractivity contribution in [2.75, 3.05) is 6.61 Å². The van der Waals surface area contributed by atoms with Gasteiger partial charge in [0.2, 0.25) is 0 Å². The van der Waals surface area contributed by atoms with Gasteiger partial charge in [-0.3, -0.25) is 4.79 Å². The van der Waals surface area contributed by atoms with Crippen molar-refractivity contribution in [1.82, 2.24) is 0 Å². The summed E-state index contributed by atoms with van der Waals surface area (Å²) in [7, 11) is 0. The summed E-state index contributed by atoms with van der Waals surface area (Å²) in [4.78, 5) is 11.8. The molecule has 1 N–H and O–H groups in total. The van der Waals surface area contributed by atoms with E-state index in [0.29, 0.717) is 6.42 Å². The normalized spacial score (nSPS) is 28.7. The SMILES string of the molecule is CC(C)(C)OC(=O)[C@H]1C(CCO)C1(C)C. The second kappa shape index (κ2) is 3.78. The molecular formula is C12H22O3. The molecule has 0 radical (unpaired) electrons. The first kappa shape index (κ1) is 12.5. The van der Waals surface area contributed by atoms with Crippen molar-refractivity contribution in [3.05, 3.63) is 0 Å². The summed E-state index contributed by atoms with van der Waals surface area (Å²) in [6, 6.07) is 0. The number of aliphatic hydroxyl groups excluding tert-OH is 1. The maximum Gasteiger partial charge on any atom is 0.310 e. The lowest BCUT2D eigenvalue weighted by molar-refractivity contribution is -0.157. The molecule has 3 heteroatoms. The van der Waals surface area contributed by atoms with Crippen LogP contribution < -0.4 is 0 Å². The molecule has 0 spiro atoms. The van der Waals surface area contributed by atoms with E-state index in [9.17, 15) is 4.79 Å². The summed E-state index contributed by atoms with van der Waals surface area (Å²) in [6.07, 6.45) is 0.691. The molecule has 3 nitrogen and oxygen atoms in total. The predicted molar refractivity (Wildman–Crippen MR) is 58.3 cm³/mol. The van der Waals surface area contributed by atoms with E-state index in [4.69, 9.17) is 9.84 Å². The Labute approximate surface area is 91.8 Å². The second-order valence-electron chi connectivity index (χ2n) is 5.95. The van der Waals surface area contributed by atoms with Gasteiger partial charge in [0, 0.05) is 6.61 Å². The Morgan fingerprint density at radius 2 is 1.93 bits per heavy atom. The van der Waals surface area contributed by atoms with E-state index in [1.807, 2.05) is 20.8 Å². The summed E-state index contributed by atoms with van der Waals surface area (Å²) < 4.78 is 5.35. The van der Waals surface area contributed by atoms with Crippen molar-refractivity contribution in [2.45, 2.75) is 46.6 Å². The minimum absolute atomic E-state index is 0.00887. The van der Waals surface area contributed by atoms with Crippen LogP contribution in [0.4, 0.5) is 0 Å². The Hall–Kier alpha value is -0.570. The zero-order valence-electron chi connectivity index (χ0n) is 10.3. The molecule has 0 aromatic carbocycles. The van der Waals surface area contributed by atoms with Crippen LogP contribution in [0.15, 0.2) is 0 Å². The molecule has 1 fully saturated rings. The lowest BCUT2D eigenvalue weighted by Crippen LogP contribution is -2.26. The van der Waals surface area contributed by atoms with Crippen molar-refractivity contribution in [2.24, 2.45) is 17.3 Å². The van der Waals surface area contributed by atoms with Crippen LogP contribution in [-0.2, 0) is 9.53 Å². The molecule has 88 valence electrons. The molecule has 1 saturated carbocycles. The van der Waals surface area contributed by atoms with Gasteiger partial charge in [-0.25, -0.2) is 0 Å². The van der Waals surface area contributed by atoms with Gasteiger partial charge in [-0.2, -0.15) is 0 Å². The maximum atomic E-state index is 11.8. The Morgan fingerprint density at radius 1 is 1.40 bits per heavy atom. The number of aliphatic hydroxyl groups is 1. The monoisotopic (exact) mass is 214 g/mol. The summed E-state index contributed by atoms with van der Waals surface area (Å²) in [6.45, 7) is 9.89. The van der Waals surface area contributed by atoms with Crippen molar-refractivity contribution in [1.29, 1.82) is 0 Å². The molecule has 0 aromatic heterocycles. The smallest absolute Gasteiger partial charge is 0.310 e. The van der Waals surface area contributed by atoms with Crippen LogP contribution >= 0.6 is 0 Å². The Kier molecular flexibility index (Phi) is 3.15. The number of esters is 1. The highest BCUT2D eigenvalue weighted by Gasteiger charge is 2.62. The Morgan fingerprint density at radius 3 is 2.33 bits per heavy atom. The third-order valence-electron chi connectivity index (χ3n) is 3.15. The van der Waals surface area contributed by atoms with Gasteiger partial charge in [0.05, 0.1) is 5.92 Å². The molecule has 0 amide bonds. The fraction of sp³-hybridized carbons (Fsp3) is 0.917. The first-order valence-corrected chi connectivity index (χ1v) is 5.54. The highest BCUT2D eigenvalue weighted by Crippen LogP contribution is 2.60. The summed E-state index contributed by atoms with van der Waals surface area (Å²) in [5.41, 5.74) is -0.426. The molecule has 0 aliphatic heterocycles. The van der Waals surface area contributed by atoms with Gasteiger partial charge in [0.15, 0.2) is 0 Å². The average Bonchev–Trinajstić information content (AvgIpc) is 2.50. The lowest BCUT2D eigenvalue weighted by Gasteiger charge is -2.20. The standard InChI is InChI=1S/C12H22O3/c1-11(2,3)15-10(14)9-8(6-7-13)12(9,4)5/h8-9,13H,6-7H2,1-5H3/t8?,9-/m1/s1. The molecule has 1 unspecified atom stereocenters. The minimum atomic E-state index is -0.417. The molecule has 0 bridgehead atoms. The third-order valence-corrected chi connectivity index (χ3v) is 3.15. The van der Waals surface area contributed by atoms with Gasteiger partial charge in [-0.05, 0) is 38.5 Å². The molecule has 15 heavy (non-hydrogen) atoms. The number of carbonyl (C=O) groups excluding carboxylic acids is 1. The fourth-order valence-electron chi connectivity index (χ4n) is 2.26. The zero-order valence-corrected chi connectivity index (χ0v) is 10.3. The third kappa shape index (κ3) is 2.71. The molecule has 0 aromatic rings. The fourth-order valence-corrected chi connectivity index (χ4v) is 2.26. The van der Waals surface area contributed by atoms with E-state index in [2.05, 4.69) is 13.8 Å². The van der Waals surface area contributed by atoms with E-state index in [0.717, 1.165) is 0 Å². The largest absolute Gasteiger partial charge is 0.460 e. The maximum absolute atomic E-state index is 11.8. The van der Waals surface area contributed by atoms with Crippen LogP contribution in [-0.4, -0.2) is 23.3 Å². The molecule has 1 aliphatic rings. The predicted octanol–water partition coefficient (Wildman–Crippen LogP) is 1.98. The number of hydrogen-bond donors (Lipinski definition) is 1.